The molecule has 0 saturated carbocycles. The van der Waals surface area contributed by atoms with Gasteiger partial charge in [0.05, 0.1) is 6.26 Å². The molecule has 2 heterocycles. The fraction of sp³-hybridized carbons (Fsp3) is 0.769. The molecular weight excluding hydrogens is 324 g/mol. The molecule has 0 aromatic carbocycles. The highest BCUT2D eigenvalue weighted by Gasteiger charge is 2.37. The minimum absolute atomic E-state index is 0.0488. The quantitative estimate of drug-likeness (QED) is 0.581. The summed E-state index contributed by atoms with van der Waals surface area (Å²) in [4.78, 5) is 37.7. The molecule has 2 N–H and O–H groups in total. The molecule has 0 aliphatic carbocycles. The van der Waals surface area contributed by atoms with E-state index in [9.17, 15) is 22.8 Å². The van der Waals surface area contributed by atoms with E-state index in [1.54, 1.807) is 4.90 Å². The fourth-order valence-corrected chi connectivity index (χ4v) is 3.84. The van der Waals surface area contributed by atoms with E-state index in [0.29, 0.717) is 6.54 Å². The minimum Gasteiger partial charge on any atom is -0.339 e. The van der Waals surface area contributed by atoms with E-state index in [0.717, 1.165) is 24.0 Å². The molecule has 2 saturated heterocycles. The maximum atomic E-state index is 12.3. The van der Waals surface area contributed by atoms with Crippen LogP contribution in [-0.2, 0) is 19.6 Å². The first-order valence-electron chi connectivity index (χ1n) is 7.53. The Bertz CT molecular complexity index is 605. The zero-order valence-electron chi connectivity index (χ0n) is 13.2. The molecule has 2 aliphatic rings. The van der Waals surface area contributed by atoms with Gasteiger partial charge in [0.1, 0.15) is 13.1 Å². The first-order valence-corrected chi connectivity index (χ1v) is 9.42. The number of likely N-dealkylation sites (tertiary alicyclic amines) is 1. The molecule has 9 nitrogen and oxygen atoms in total. The monoisotopic (exact) mass is 346 g/mol. The van der Waals surface area contributed by atoms with Crippen LogP contribution in [0.4, 0.5) is 4.79 Å². The van der Waals surface area contributed by atoms with Gasteiger partial charge in [-0.2, -0.15) is 0 Å². The Labute approximate surface area is 135 Å². The maximum Gasteiger partial charge on any atom is 0.325 e. The second kappa shape index (κ2) is 6.83. The van der Waals surface area contributed by atoms with E-state index in [1.165, 1.54) is 0 Å². The molecule has 2 atom stereocenters. The van der Waals surface area contributed by atoms with Crippen molar-refractivity contribution in [2.75, 3.05) is 32.4 Å². The third-order valence-corrected chi connectivity index (χ3v) is 4.74. The number of imide groups is 1. The van der Waals surface area contributed by atoms with Crippen LogP contribution in [-0.4, -0.2) is 74.5 Å². The Hall–Kier alpha value is -1.68. The number of rotatable bonds is 6. The molecule has 23 heavy (non-hydrogen) atoms. The summed E-state index contributed by atoms with van der Waals surface area (Å²) in [6, 6.07) is -0.888. The summed E-state index contributed by atoms with van der Waals surface area (Å²) in [5.74, 6) is -0.661. The molecule has 0 unspecified atom stereocenters. The van der Waals surface area contributed by atoms with Crippen molar-refractivity contribution in [3.8, 4) is 0 Å². The van der Waals surface area contributed by atoms with Crippen molar-refractivity contribution in [1.29, 1.82) is 0 Å². The SMILES string of the molecule is CCC[C@H]1CN(C(=O)CN2CC(=O)NC2=O)C[C@@H]1NS(C)(=O)=O. The van der Waals surface area contributed by atoms with Crippen LogP contribution in [0, 0.1) is 5.92 Å². The van der Waals surface area contributed by atoms with E-state index < -0.39 is 22.0 Å². The zero-order valence-corrected chi connectivity index (χ0v) is 14.1. The molecule has 0 radical (unpaired) electrons. The minimum atomic E-state index is -3.35. The van der Waals surface area contributed by atoms with Gasteiger partial charge in [0, 0.05) is 19.1 Å². The molecule has 0 bridgehead atoms. The predicted octanol–water partition coefficient (Wildman–Crippen LogP) is -1.29. The number of sulfonamides is 1. The lowest BCUT2D eigenvalue weighted by Gasteiger charge is -2.20. The maximum absolute atomic E-state index is 12.3. The van der Waals surface area contributed by atoms with Gasteiger partial charge in [-0.3, -0.25) is 14.9 Å². The Morgan fingerprint density at radius 3 is 2.57 bits per heavy atom. The van der Waals surface area contributed by atoms with Crippen LogP contribution in [0.1, 0.15) is 19.8 Å². The van der Waals surface area contributed by atoms with Gasteiger partial charge in [-0.25, -0.2) is 17.9 Å². The summed E-state index contributed by atoms with van der Waals surface area (Å²) in [5.41, 5.74) is 0. The van der Waals surface area contributed by atoms with Gasteiger partial charge in [-0.1, -0.05) is 13.3 Å². The number of hydrogen-bond donors (Lipinski definition) is 2. The molecule has 0 spiro atoms. The Kier molecular flexibility index (Phi) is 5.25. The van der Waals surface area contributed by atoms with Gasteiger partial charge in [-0.15, -0.1) is 0 Å². The van der Waals surface area contributed by atoms with E-state index >= 15 is 0 Å². The van der Waals surface area contributed by atoms with E-state index in [2.05, 4.69) is 10.0 Å². The second-order valence-electron chi connectivity index (χ2n) is 6.05. The summed E-state index contributed by atoms with van der Waals surface area (Å²) in [6.07, 6.45) is 2.79. The topological polar surface area (TPSA) is 116 Å². The van der Waals surface area contributed by atoms with Gasteiger partial charge in [0.25, 0.3) is 0 Å². The Morgan fingerprint density at radius 2 is 2.04 bits per heavy atom. The molecular formula is C13H22N4O5S. The number of hydrogen-bond acceptors (Lipinski definition) is 5. The highest BCUT2D eigenvalue weighted by Crippen LogP contribution is 2.22. The van der Waals surface area contributed by atoms with Crippen molar-refractivity contribution < 1.29 is 22.8 Å². The molecule has 130 valence electrons. The Morgan fingerprint density at radius 1 is 1.35 bits per heavy atom. The van der Waals surface area contributed by atoms with Gasteiger partial charge >= 0.3 is 6.03 Å². The van der Waals surface area contributed by atoms with Crippen molar-refractivity contribution in [2.24, 2.45) is 5.92 Å². The van der Waals surface area contributed by atoms with Crippen molar-refractivity contribution in [1.82, 2.24) is 19.8 Å². The average Bonchev–Trinajstić information content (AvgIpc) is 2.93. The summed E-state index contributed by atoms with van der Waals surface area (Å²) >= 11 is 0. The number of carbonyl (C=O) groups excluding carboxylic acids is 3. The second-order valence-corrected chi connectivity index (χ2v) is 7.83. The highest BCUT2D eigenvalue weighted by atomic mass is 32.2. The third-order valence-electron chi connectivity index (χ3n) is 4.01. The lowest BCUT2D eigenvalue weighted by Crippen LogP contribution is -2.43. The standard InChI is InChI=1S/C13H22N4O5S/c1-3-4-9-5-16(6-10(9)15-23(2,21)22)12(19)8-17-7-11(18)14-13(17)20/h9-10,15H,3-8H2,1-2H3,(H,14,18,20)/t9-,10-/m0/s1. The lowest BCUT2D eigenvalue weighted by atomic mass is 9.99. The van der Waals surface area contributed by atoms with Crippen LogP contribution < -0.4 is 10.0 Å². The number of nitrogens with zero attached hydrogens (tertiary/aromatic N) is 2. The first-order chi connectivity index (χ1) is 10.7. The highest BCUT2D eigenvalue weighted by molar-refractivity contribution is 7.88. The summed E-state index contributed by atoms with van der Waals surface area (Å²) in [7, 11) is -3.35. The molecule has 2 aliphatic heterocycles. The summed E-state index contributed by atoms with van der Waals surface area (Å²) in [6.45, 7) is 2.43. The largest absolute Gasteiger partial charge is 0.339 e. The normalized spacial score (nSPS) is 25.1. The van der Waals surface area contributed by atoms with Gasteiger partial charge in [0.2, 0.25) is 21.8 Å². The van der Waals surface area contributed by atoms with E-state index in [4.69, 9.17) is 0 Å². The van der Waals surface area contributed by atoms with Gasteiger partial charge in [0.15, 0.2) is 0 Å². The van der Waals surface area contributed by atoms with Gasteiger partial charge in [-0.05, 0) is 12.3 Å². The number of urea groups is 1. The third kappa shape index (κ3) is 4.64. The predicted molar refractivity (Wildman–Crippen MR) is 81.9 cm³/mol. The molecule has 4 amide bonds. The lowest BCUT2D eigenvalue weighted by molar-refractivity contribution is -0.130. The van der Waals surface area contributed by atoms with Crippen molar-refractivity contribution in [2.45, 2.75) is 25.8 Å². The van der Waals surface area contributed by atoms with E-state index in [1.807, 2.05) is 6.92 Å². The van der Waals surface area contributed by atoms with Crippen molar-refractivity contribution in [3.63, 3.8) is 0 Å². The van der Waals surface area contributed by atoms with Crippen LogP contribution in [0.3, 0.4) is 0 Å². The summed E-state index contributed by atoms with van der Waals surface area (Å²) in [5, 5.41) is 2.12. The van der Waals surface area contributed by atoms with Crippen LogP contribution in [0.15, 0.2) is 0 Å². The molecule has 10 heteroatoms. The first kappa shape index (κ1) is 17.7. The number of carbonyl (C=O) groups is 3. The molecule has 2 rings (SSSR count). The molecule has 0 aromatic heterocycles. The number of amides is 4. The van der Waals surface area contributed by atoms with Crippen LogP contribution in [0.25, 0.3) is 0 Å². The zero-order chi connectivity index (χ0) is 17.2. The fourth-order valence-electron chi connectivity index (χ4n) is 3.02. The number of nitrogens with one attached hydrogen (secondary N) is 2. The van der Waals surface area contributed by atoms with Crippen LogP contribution in [0.5, 0.6) is 0 Å². The van der Waals surface area contributed by atoms with Crippen LogP contribution >= 0.6 is 0 Å². The average molecular weight is 346 g/mol. The van der Waals surface area contributed by atoms with Gasteiger partial charge < -0.3 is 9.80 Å². The molecule has 2 fully saturated rings. The van der Waals surface area contributed by atoms with Crippen molar-refractivity contribution in [3.05, 3.63) is 0 Å². The van der Waals surface area contributed by atoms with Crippen LogP contribution in [0.2, 0.25) is 0 Å². The van der Waals surface area contributed by atoms with E-state index in [-0.39, 0.29) is 37.5 Å². The Balaban J connectivity index is 1.98. The summed E-state index contributed by atoms with van der Waals surface area (Å²) < 4.78 is 25.5. The molecule has 0 aromatic rings. The van der Waals surface area contributed by atoms with Crippen molar-refractivity contribution >= 4 is 27.9 Å². The smallest absolute Gasteiger partial charge is 0.325 e.